The van der Waals surface area contributed by atoms with Gasteiger partial charge in [0.05, 0.1) is 10.6 Å². The standard InChI is InChI=1S/C14H8ClF3O/c15-11-3-1-2-8(14(11)18)6-13(19)10-7-9(16)4-5-12(10)17/h1-5,7H,6H2. The Morgan fingerprint density at radius 2 is 1.84 bits per heavy atom. The molecule has 0 aromatic heterocycles. The van der Waals surface area contributed by atoms with Gasteiger partial charge in [0.2, 0.25) is 0 Å². The Kier molecular flexibility index (Phi) is 3.90. The molecule has 1 nitrogen and oxygen atoms in total. The summed E-state index contributed by atoms with van der Waals surface area (Å²) in [6.45, 7) is 0. The molecule has 0 amide bonds. The van der Waals surface area contributed by atoms with E-state index in [0.717, 1.165) is 18.2 Å². The first-order valence-electron chi connectivity index (χ1n) is 5.40. The van der Waals surface area contributed by atoms with Gasteiger partial charge in [0.25, 0.3) is 0 Å². The molecule has 0 unspecified atom stereocenters. The van der Waals surface area contributed by atoms with Crippen LogP contribution in [-0.4, -0.2) is 5.78 Å². The summed E-state index contributed by atoms with van der Waals surface area (Å²) >= 11 is 5.58. The summed E-state index contributed by atoms with van der Waals surface area (Å²) in [6.07, 6.45) is -0.382. The molecule has 0 aliphatic rings. The number of rotatable bonds is 3. The minimum atomic E-state index is -0.839. The molecule has 0 bridgehead atoms. The van der Waals surface area contributed by atoms with E-state index in [1.54, 1.807) is 0 Å². The predicted molar refractivity (Wildman–Crippen MR) is 65.8 cm³/mol. The second-order valence-electron chi connectivity index (χ2n) is 3.94. The van der Waals surface area contributed by atoms with Crippen LogP contribution in [0.5, 0.6) is 0 Å². The van der Waals surface area contributed by atoms with Crippen molar-refractivity contribution in [3.8, 4) is 0 Å². The maximum atomic E-state index is 13.6. The van der Waals surface area contributed by atoms with E-state index >= 15 is 0 Å². The Bertz CT molecular complexity index is 641. The summed E-state index contributed by atoms with van der Waals surface area (Å²) in [4.78, 5) is 11.8. The molecular formula is C14H8ClF3O. The van der Waals surface area contributed by atoms with Crippen LogP contribution in [0.1, 0.15) is 15.9 Å². The Morgan fingerprint density at radius 3 is 2.58 bits per heavy atom. The molecule has 0 saturated heterocycles. The molecule has 0 fully saturated rings. The molecule has 0 N–H and O–H groups in total. The lowest BCUT2D eigenvalue weighted by Gasteiger charge is -2.05. The van der Waals surface area contributed by atoms with E-state index in [-0.39, 0.29) is 17.0 Å². The van der Waals surface area contributed by atoms with Gasteiger partial charge in [-0.1, -0.05) is 23.7 Å². The molecule has 5 heteroatoms. The topological polar surface area (TPSA) is 17.1 Å². The van der Waals surface area contributed by atoms with Crippen molar-refractivity contribution in [3.05, 3.63) is 70.0 Å². The van der Waals surface area contributed by atoms with Gasteiger partial charge >= 0.3 is 0 Å². The highest BCUT2D eigenvalue weighted by Gasteiger charge is 2.16. The quantitative estimate of drug-likeness (QED) is 0.773. The number of hydrogen-bond donors (Lipinski definition) is 0. The Balaban J connectivity index is 2.31. The van der Waals surface area contributed by atoms with Crippen LogP contribution >= 0.6 is 11.6 Å². The smallest absolute Gasteiger partial charge is 0.170 e. The molecule has 0 heterocycles. The fraction of sp³-hybridized carbons (Fsp3) is 0.0714. The predicted octanol–water partition coefficient (Wildman–Crippen LogP) is 4.18. The number of carbonyl (C=O) groups excluding carboxylic acids is 1. The molecule has 0 spiro atoms. The largest absolute Gasteiger partial charge is 0.294 e. The van der Waals surface area contributed by atoms with Gasteiger partial charge < -0.3 is 0 Å². The average molecular weight is 285 g/mol. The van der Waals surface area contributed by atoms with Crippen LogP contribution < -0.4 is 0 Å². The highest BCUT2D eigenvalue weighted by molar-refractivity contribution is 6.30. The summed E-state index contributed by atoms with van der Waals surface area (Å²) in [5.74, 6) is -3.00. The molecule has 0 aliphatic carbocycles. The third kappa shape index (κ3) is 2.96. The van der Waals surface area contributed by atoms with E-state index in [0.29, 0.717) is 0 Å². The zero-order chi connectivity index (χ0) is 14.0. The summed E-state index contributed by atoms with van der Waals surface area (Å²) in [7, 11) is 0. The molecule has 0 aliphatic heterocycles. The number of carbonyl (C=O) groups is 1. The van der Waals surface area contributed by atoms with Crippen LogP contribution in [0.25, 0.3) is 0 Å². The lowest BCUT2D eigenvalue weighted by atomic mass is 10.0. The maximum absolute atomic E-state index is 13.6. The number of Topliss-reactive ketones (excluding diaryl/α,β-unsaturated/α-hetero) is 1. The Labute approximate surface area is 112 Å². The minimum Gasteiger partial charge on any atom is -0.294 e. The number of halogens is 4. The van der Waals surface area contributed by atoms with E-state index in [2.05, 4.69) is 0 Å². The van der Waals surface area contributed by atoms with Crippen molar-refractivity contribution in [1.82, 2.24) is 0 Å². The van der Waals surface area contributed by atoms with Crippen molar-refractivity contribution in [2.45, 2.75) is 6.42 Å². The molecule has 2 aromatic rings. The van der Waals surface area contributed by atoms with E-state index in [1.165, 1.54) is 18.2 Å². The molecular weight excluding hydrogens is 277 g/mol. The average Bonchev–Trinajstić information content (AvgIpc) is 2.38. The van der Waals surface area contributed by atoms with Gasteiger partial charge in [0, 0.05) is 6.42 Å². The van der Waals surface area contributed by atoms with Crippen molar-refractivity contribution in [2.24, 2.45) is 0 Å². The number of hydrogen-bond acceptors (Lipinski definition) is 1. The van der Waals surface area contributed by atoms with Crippen LogP contribution in [-0.2, 0) is 6.42 Å². The number of benzene rings is 2. The highest BCUT2D eigenvalue weighted by atomic mass is 35.5. The summed E-state index contributed by atoms with van der Waals surface area (Å²) in [5.41, 5.74) is -0.361. The van der Waals surface area contributed by atoms with Crippen molar-refractivity contribution in [3.63, 3.8) is 0 Å². The third-order valence-corrected chi connectivity index (χ3v) is 2.90. The van der Waals surface area contributed by atoms with Gasteiger partial charge in [-0.2, -0.15) is 0 Å². The molecule has 19 heavy (non-hydrogen) atoms. The van der Waals surface area contributed by atoms with Crippen molar-refractivity contribution in [2.75, 3.05) is 0 Å². The molecule has 0 radical (unpaired) electrons. The van der Waals surface area contributed by atoms with Crippen molar-refractivity contribution >= 4 is 17.4 Å². The van der Waals surface area contributed by atoms with Gasteiger partial charge in [-0.25, -0.2) is 13.2 Å². The first-order valence-corrected chi connectivity index (χ1v) is 5.78. The second kappa shape index (κ2) is 5.45. The Hall–Kier alpha value is -1.81. The summed E-state index contributed by atoms with van der Waals surface area (Å²) < 4.78 is 40.0. The fourth-order valence-corrected chi connectivity index (χ4v) is 1.86. The molecule has 0 saturated carbocycles. The van der Waals surface area contributed by atoms with Gasteiger partial charge in [0.15, 0.2) is 5.78 Å². The van der Waals surface area contributed by atoms with E-state index in [1.807, 2.05) is 0 Å². The normalized spacial score (nSPS) is 10.5. The SMILES string of the molecule is O=C(Cc1cccc(Cl)c1F)c1cc(F)ccc1F. The van der Waals surface area contributed by atoms with Crippen LogP contribution in [0, 0.1) is 17.5 Å². The van der Waals surface area contributed by atoms with Crippen molar-refractivity contribution < 1.29 is 18.0 Å². The van der Waals surface area contributed by atoms with E-state index in [4.69, 9.17) is 11.6 Å². The van der Waals surface area contributed by atoms with E-state index in [9.17, 15) is 18.0 Å². The van der Waals surface area contributed by atoms with Gasteiger partial charge in [-0.3, -0.25) is 4.79 Å². The van der Waals surface area contributed by atoms with Crippen LogP contribution in [0.3, 0.4) is 0 Å². The van der Waals surface area contributed by atoms with Crippen LogP contribution in [0.15, 0.2) is 36.4 Å². The van der Waals surface area contributed by atoms with Gasteiger partial charge in [0.1, 0.15) is 17.5 Å². The summed E-state index contributed by atoms with van der Waals surface area (Å²) in [5, 5.41) is -0.120. The first-order chi connectivity index (χ1) is 8.99. The van der Waals surface area contributed by atoms with Crippen LogP contribution in [0.2, 0.25) is 5.02 Å². The van der Waals surface area contributed by atoms with Crippen LogP contribution in [0.4, 0.5) is 13.2 Å². The highest BCUT2D eigenvalue weighted by Crippen LogP contribution is 2.20. The van der Waals surface area contributed by atoms with Gasteiger partial charge in [-0.05, 0) is 29.8 Å². The zero-order valence-corrected chi connectivity index (χ0v) is 10.3. The summed E-state index contributed by atoms with van der Waals surface area (Å²) in [6, 6.07) is 6.75. The molecule has 2 aromatic carbocycles. The monoisotopic (exact) mass is 284 g/mol. The Morgan fingerprint density at radius 1 is 1.11 bits per heavy atom. The maximum Gasteiger partial charge on any atom is 0.170 e. The lowest BCUT2D eigenvalue weighted by molar-refractivity contribution is 0.0987. The second-order valence-corrected chi connectivity index (χ2v) is 4.34. The molecule has 2 rings (SSSR count). The first kappa shape index (κ1) is 13.6. The fourth-order valence-electron chi connectivity index (χ4n) is 1.66. The van der Waals surface area contributed by atoms with Gasteiger partial charge in [-0.15, -0.1) is 0 Å². The van der Waals surface area contributed by atoms with E-state index < -0.39 is 28.8 Å². The van der Waals surface area contributed by atoms with Crippen molar-refractivity contribution in [1.29, 1.82) is 0 Å². The third-order valence-electron chi connectivity index (χ3n) is 2.61. The molecule has 98 valence electrons. The minimum absolute atomic E-state index is 0.0427. The molecule has 0 atom stereocenters. The lowest BCUT2D eigenvalue weighted by Crippen LogP contribution is -2.08. The number of ketones is 1. The zero-order valence-electron chi connectivity index (χ0n) is 9.59.